The third kappa shape index (κ3) is 2.96. The van der Waals surface area contributed by atoms with E-state index in [1.165, 1.54) is 0 Å². The van der Waals surface area contributed by atoms with Gasteiger partial charge in [-0.15, -0.1) is 13.2 Å². The summed E-state index contributed by atoms with van der Waals surface area (Å²) in [7, 11) is 0. The molecule has 0 bridgehead atoms. The van der Waals surface area contributed by atoms with Gasteiger partial charge in [-0.3, -0.25) is 10.1 Å². The smallest absolute Gasteiger partial charge is 0.311 e. The highest BCUT2D eigenvalue weighted by Gasteiger charge is 2.45. The molecule has 0 radical (unpaired) electrons. The lowest BCUT2D eigenvalue weighted by Crippen LogP contribution is -2.60. The third-order valence-electron chi connectivity index (χ3n) is 2.62. The van der Waals surface area contributed by atoms with Crippen molar-refractivity contribution >= 4 is 0 Å². The Kier molecular flexibility index (Phi) is 3.37. The molecule has 1 aromatic carbocycles. The Hall–Kier alpha value is -1.11. The van der Waals surface area contributed by atoms with Gasteiger partial charge in [0.25, 0.3) is 0 Å². The summed E-state index contributed by atoms with van der Waals surface area (Å²) >= 11 is 0. The average Bonchev–Trinajstić information content (AvgIpc) is 2.29. The first kappa shape index (κ1) is 12.3. The Morgan fingerprint density at radius 1 is 1.12 bits per heavy atom. The van der Waals surface area contributed by atoms with Crippen molar-refractivity contribution < 1.29 is 17.9 Å². The third-order valence-corrected chi connectivity index (χ3v) is 2.62. The second-order valence-electron chi connectivity index (χ2n) is 3.84. The summed E-state index contributed by atoms with van der Waals surface area (Å²) in [5, 5.41) is 5.71. The fourth-order valence-electron chi connectivity index (χ4n) is 1.92. The van der Waals surface area contributed by atoms with Crippen LogP contribution in [0, 0.1) is 0 Å². The molecule has 1 fully saturated rings. The Labute approximate surface area is 97.0 Å². The number of nitrogens with one attached hydrogen (secondary N) is 2. The first-order valence-corrected chi connectivity index (χ1v) is 5.30. The van der Waals surface area contributed by atoms with E-state index in [1.54, 1.807) is 30.3 Å². The maximum absolute atomic E-state index is 12.5. The topological polar surface area (TPSA) is 33.3 Å². The minimum atomic E-state index is -4.68. The van der Waals surface area contributed by atoms with Crippen molar-refractivity contribution in [1.82, 2.24) is 10.6 Å². The van der Waals surface area contributed by atoms with Crippen LogP contribution < -0.4 is 10.6 Å². The predicted octanol–water partition coefficient (Wildman–Crippen LogP) is 1.57. The Morgan fingerprint density at radius 2 is 1.82 bits per heavy atom. The number of hydrogen-bond acceptors (Lipinski definition) is 3. The van der Waals surface area contributed by atoms with Gasteiger partial charge in [0.15, 0.2) is 5.72 Å². The van der Waals surface area contributed by atoms with Gasteiger partial charge in [0, 0.05) is 25.2 Å². The largest absolute Gasteiger partial charge is 0.524 e. The Balaban J connectivity index is 2.30. The SMILES string of the molecule is FC(F)(F)OC1(c2ccccc2)CNCCN1. The molecule has 1 saturated heterocycles. The van der Waals surface area contributed by atoms with Crippen LogP contribution in [-0.2, 0) is 10.5 Å². The van der Waals surface area contributed by atoms with Gasteiger partial charge in [0.2, 0.25) is 0 Å². The summed E-state index contributed by atoms with van der Waals surface area (Å²) in [5.74, 6) is 0. The Bertz CT molecular complexity index is 361. The van der Waals surface area contributed by atoms with E-state index in [9.17, 15) is 13.2 Å². The maximum atomic E-state index is 12.5. The number of ether oxygens (including phenoxy) is 1. The van der Waals surface area contributed by atoms with E-state index in [0.29, 0.717) is 18.7 Å². The number of benzene rings is 1. The molecule has 1 heterocycles. The van der Waals surface area contributed by atoms with Crippen LogP contribution in [0.15, 0.2) is 30.3 Å². The number of rotatable bonds is 2. The van der Waals surface area contributed by atoms with Crippen LogP contribution in [0.25, 0.3) is 0 Å². The van der Waals surface area contributed by atoms with Gasteiger partial charge < -0.3 is 5.32 Å². The summed E-state index contributed by atoms with van der Waals surface area (Å²) in [6.07, 6.45) is -4.68. The molecule has 1 aliphatic rings. The van der Waals surface area contributed by atoms with Crippen LogP contribution in [0.3, 0.4) is 0 Å². The van der Waals surface area contributed by atoms with E-state index in [0.717, 1.165) is 0 Å². The molecule has 0 spiro atoms. The highest BCUT2D eigenvalue weighted by atomic mass is 19.4. The zero-order valence-corrected chi connectivity index (χ0v) is 9.05. The van der Waals surface area contributed by atoms with Crippen molar-refractivity contribution in [3.05, 3.63) is 35.9 Å². The molecular formula is C11H13F3N2O. The molecule has 1 atom stereocenters. The van der Waals surface area contributed by atoms with Gasteiger partial charge in [-0.05, 0) is 0 Å². The second kappa shape index (κ2) is 4.64. The number of alkyl halides is 3. The molecule has 0 aliphatic carbocycles. The second-order valence-corrected chi connectivity index (χ2v) is 3.84. The summed E-state index contributed by atoms with van der Waals surface area (Å²) in [4.78, 5) is 0. The lowest BCUT2D eigenvalue weighted by Gasteiger charge is -2.39. The van der Waals surface area contributed by atoms with Crippen LogP contribution in [0.5, 0.6) is 0 Å². The van der Waals surface area contributed by atoms with Crippen molar-refractivity contribution in [3.8, 4) is 0 Å². The monoisotopic (exact) mass is 246 g/mol. The zero-order valence-electron chi connectivity index (χ0n) is 9.05. The number of halogens is 3. The fourth-order valence-corrected chi connectivity index (χ4v) is 1.92. The first-order valence-electron chi connectivity index (χ1n) is 5.30. The zero-order chi connectivity index (χ0) is 12.4. The molecule has 1 unspecified atom stereocenters. The van der Waals surface area contributed by atoms with Crippen LogP contribution in [0.2, 0.25) is 0 Å². The standard InChI is InChI=1S/C11H13F3N2O/c12-11(13,14)17-10(8-15-6-7-16-10)9-4-2-1-3-5-9/h1-5,15-16H,6-8H2. The van der Waals surface area contributed by atoms with Crippen LogP contribution in [0.4, 0.5) is 13.2 Å². The molecular weight excluding hydrogens is 233 g/mol. The molecule has 0 aromatic heterocycles. The van der Waals surface area contributed by atoms with E-state index < -0.39 is 12.1 Å². The van der Waals surface area contributed by atoms with Crippen LogP contribution in [0.1, 0.15) is 5.56 Å². The van der Waals surface area contributed by atoms with Crippen molar-refractivity contribution in [2.24, 2.45) is 0 Å². The lowest BCUT2D eigenvalue weighted by molar-refractivity contribution is -0.377. The maximum Gasteiger partial charge on any atom is 0.524 e. The van der Waals surface area contributed by atoms with Gasteiger partial charge >= 0.3 is 6.36 Å². The summed E-state index contributed by atoms with van der Waals surface area (Å²) in [6.45, 7) is 1.12. The molecule has 94 valence electrons. The molecule has 2 N–H and O–H groups in total. The number of hydrogen-bond donors (Lipinski definition) is 2. The molecule has 0 saturated carbocycles. The van der Waals surface area contributed by atoms with Gasteiger partial charge in [0.1, 0.15) is 0 Å². The predicted molar refractivity (Wildman–Crippen MR) is 56.1 cm³/mol. The lowest BCUT2D eigenvalue weighted by atomic mass is 10.0. The van der Waals surface area contributed by atoms with Gasteiger partial charge in [0.05, 0.1) is 0 Å². The molecule has 3 nitrogen and oxygen atoms in total. The molecule has 2 rings (SSSR count). The summed E-state index contributed by atoms with van der Waals surface area (Å²) < 4.78 is 41.7. The van der Waals surface area contributed by atoms with Gasteiger partial charge in [-0.25, -0.2) is 0 Å². The van der Waals surface area contributed by atoms with Crippen molar-refractivity contribution in [3.63, 3.8) is 0 Å². The van der Waals surface area contributed by atoms with E-state index >= 15 is 0 Å². The molecule has 0 amide bonds. The van der Waals surface area contributed by atoms with Crippen molar-refractivity contribution in [2.45, 2.75) is 12.1 Å². The minimum absolute atomic E-state index is 0.0799. The fraction of sp³-hybridized carbons (Fsp3) is 0.455. The highest BCUT2D eigenvalue weighted by molar-refractivity contribution is 5.23. The number of piperazine rings is 1. The molecule has 17 heavy (non-hydrogen) atoms. The van der Waals surface area contributed by atoms with Crippen molar-refractivity contribution in [1.29, 1.82) is 0 Å². The first-order chi connectivity index (χ1) is 8.02. The van der Waals surface area contributed by atoms with Crippen molar-refractivity contribution in [2.75, 3.05) is 19.6 Å². The van der Waals surface area contributed by atoms with Gasteiger partial charge in [-0.2, -0.15) is 0 Å². The molecule has 1 aromatic rings. The highest BCUT2D eigenvalue weighted by Crippen LogP contribution is 2.31. The van der Waals surface area contributed by atoms with E-state index in [4.69, 9.17) is 0 Å². The van der Waals surface area contributed by atoms with Crippen LogP contribution >= 0.6 is 0 Å². The summed E-state index contributed by atoms with van der Waals surface area (Å²) in [5.41, 5.74) is -1.07. The minimum Gasteiger partial charge on any atom is -0.311 e. The van der Waals surface area contributed by atoms with E-state index in [2.05, 4.69) is 15.4 Å². The van der Waals surface area contributed by atoms with Gasteiger partial charge in [-0.1, -0.05) is 30.3 Å². The van der Waals surface area contributed by atoms with Crippen LogP contribution in [-0.4, -0.2) is 26.0 Å². The normalized spacial score (nSPS) is 25.8. The van der Waals surface area contributed by atoms with E-state index in [-0.39, 0.29) is 6.54 Å². The van der Waals surface area contributed by atoms with E-state index in [1.807, 2.05) is 0 Å². The average molecular weight is 246 g/mol. The molecule has 6 heteroatoms. The Morgan fingerprint density at radius 3 is 2.35 bits per heavy atom. The quantitative estimate of drug-likeness (QED) is 0.831. The molecule has 1 aliphatic heterocycles. The summed E-state index contributed by atoms with van der Waals surface area (Å²) in [6, 6.07) is 8.36.